The van der Waals surface area contributed by atoms with E-state index in [0.29, 0.717) is 4.57 Å². The number of aliphatic hydroxyl groups excluding tert-OH is 2. The van der Waals surface area contributed by atoms with Gasteiger partial charge in [-0.3, -0.25) is 19.1 Å². The van der Waals surface area contributed by atoms with Crippen LogP contribution in [0.5, 0.6) is 0 Å². The third-order valence-electron chi connectivity index (χ3n) is 4.83. The van der Waals surface area contributed by atoms with Crippen molar-refractivity contribution in [1.82, 2.24) is 9.55 Å². The Balaban J connectivity index is 2.25. The molecule has 11 heteroatoms. The number of nitrogens with zero attached hydrogens (tertiary/aromatic N) is 1. The largest absolute Gasteiger partial charge is 0.387 e. The molecule has 1 aliphatic rings. The third kappa shape index (κ3) is 3.23. The maximum absolute atomic E-state index is 13.4. The summed E-state index contributed by atoms with van der Waals surface area (Å²) in [5, 5.41) is 31.9. The van der Waals surface area contributed by atoms with Crippen molar-refractivity contribution in [3.05, 3.63) is 69.0 Å². The summed E-state index contributed by atoms with van der Waals surface area (Å²) < 4.78 is 15.9. The summed E-state index contributed by atoms with van der Waals surface area (Å²) in [4.78, 5) is 39.3. The topological polar surface area (TPSA) is 160 Å². The summed E-state index contributed by atoms with van der Waals surface area (Å²) in [6.07, 6.45) is -4.80. The van der Waals surface area contributed by atoms with E-state index in [4.69, 9.17) is 14.2 Å². The van der Waals surface area contributed by atoms with Gasteiger partial charge in [0, 0.05) is 32.0 Å². The Morgan fingerprint density at radius 2 is 1.79 bits per heavy atom. The van der Waals surface area contributed by atoms with Gasteiger partial charge >= 0.3 is 11.7 Å². The van der Waals surface area contributed by atoms with E-state index in [1.165, 1.54) is 12.1 Å². The monoisotopic (exact) mass is 408 g/mol. The molecule has 1 aliphatic heterocycles. The molecule has 1 aromatic heterocycles. The van der Waals surface area contributed by atoms with Gasteiger partial charge in [0.1, 0.15) is 12.2 Å². The second-order valence-electron chi connectivity index (χ2n) is 6.38. The van der Waals surface area contributed by atoms with Gasteiger partial charge in [-0.25, -0.2) is 4.79 Å². The lowest BCUT2D eigenvalue weighted by Crippen LogP contribution is -2.56. The van der Waals surface area contributed by atoms with Crippen molar-refractivity contribution < 1.29 is 34.3 Å². The number of carbonyl (C=O) groups is 1. The molecular weight excluding hydrogens is 388 g/mol. The molecule has 156 valence electrons. The number of H-pyrrole nitrogens is 1. The van der Waals surface area contributed by atoms with E-state index in [1.54, 1.807) is 18.2 Å². The van der Waals surface area contributed by atoms with Crippen LogP contribution in [0.15, 0.2) is 52.2 Å². The Bertz CT molecular complexity index is 998. The summed E-state index contributed by atoms with van der Waals surface area (Å²) >= 11 is 0. The molecule has 1 aromatic carbocycles. The fourth-order valence-corrected chi connectivity index (χ4v) is 3.31. The van der Waals surface area contributed by atoms with Crippen LogP contribution in [0.3, 0.4) is 0 Å². The number of Topliss-reactive ketones (excluding diaryl/α,β-unsaturated/α-hetero) is 1. The molecule has 1 saturated heterocycles. The Morgan fingerprint density at radius 3 is 2.34 bits per heavy atom. The van der Waals surface area contributed by atoms with Crippen molar-refractivity contribution in [2.24, 2.45) is 0 Å². The number of ketones is 1. The molecular formula is C18H20N2O9. The van der Waals surface area contributed by atoms with Crippen LogP contribution in [0, 0.1) is 0 Å². The summed E-state index contributed by atoms with van der Waals surface area (Å²) in [5.41, 5.74) is -4.32. The van der Waals surface area contributed by atoms with Crippen LogP contribution < -0.4 is 11.2 Å². The number of hydrogen-bond donors (Lipinski definition) is 4. The first-order valence-corrected chi connectivity index (χ1v) is 8.50. The number of aliphatic hydroxyl groups is 3. The number of rotatable bonds is 6. The number of aromatic amines is 1. The van der Waals surface area contributed by atoms with Gasteiger partial charge in [-0.1, -0.05) is 30.3 Å². The van der Waals surface area contributed by atoms with Gasteiger partial charge in [0.25, 0.3) is 5.56 Å². The number of benzene rings is 1. The number of methoxy groups -OCH3 is 2. The van der Waals surface area contributed by atoms with Gasteiger partial charge in [0.2, 0.25) is 11.5 Å². The first-order chi connectivity index (χ1) is 13.7. The fourth-order valence-electron chi connectivity index (χ4n) is 3.31. The number of ether oxygens (including phenoxy) is 3. The summed E-state index contributed by atoms with van der Waals surface area (Å²) in [6, 6.07) is 8.51. The summed E-state index contributed by atoms with van der Waals surface area (Å²) in [6.45, 7) is 0. The lowest BCUT2D eigenvalue weighted by molar-refractivity contribution is -0.392. The van der Waals surface area contributed by atoms with Crippen LogP contribution in [0.4, 0.5) is 0 Å². The van der Waals surface area contributed by atoms with Crippen LogP contribution >= 0.6 is 0 Å². The molecule has 4 N–H and O–H groups in total. The quantitative estimate of drug-likeness (QED) is 0.317. The molecule has 2 aromatic rings. The summed E-state index contributed by atoms with van der Waals surface area (Å²) in [7, 11) is 2.11. The molecule has 0 aliphatic carbocycles. The maximum atomic E-state index is 13.4. The Labute approximate surface area is 163 Å². The van der Waals surface area contributed by atoms with E-state index in [-0.39, 0.29) is 5.56 Å². The normalized spacial score (nSPS) is 27.1. The van der Waals surface area contributed by atoms with E-state index in [1.807, 2.05) is 4.98 Å². The van der Waals surface area contributed by atoms with Crippen LogP contribution in [0.2, 0.25) is 0 Å². The molecule has 0 bridgehead atoms. The van der Waals surface area contributed by atoms with Crippen LogP contribution in [0.1, 0.15) is 10.4 Å². The highest BCUT2D eigenvalue weighted by atomic mass is 16.8. The Kier molecular flexibility index (Phi) is 5.54. The highest BCUT2D eigenvalue weighted by Gasteiger charge is 2.66. The lowest BCUT2D eigenvalue weighted by atomic mass is 9.93. The van der Waals surface area contributed by atoms with Crippen molar-refractivity contribution in [2.75, 3.05) is 14.2 Å². The molecule has 2 heterocycles. The second kappa shape index (κ2) is 7.63. The van der Waals surface area contributed by atoms with E-state index in [0.717, 1.165) is 26.5 Å². The molecule has 4 atom stereocenters. The zero-order valence-corrected chi connectivity index (χ0v) is 15.5. The van der Waals surface area contributed by atoms with E-state index < -0.39 is 47.0 Å². The first-order valence-electron chi connectivity index (χ1n) is 8.50. The SMILES string of the molecule is COC(O)(OC)[C@H]1O[C@@](C(=O)c2ccccc2)(n2ccc(=O)[nH]c2=O)[C@H](O)[C@@H]1O. The predicted octanol–water partition coefficient (Wildman–Crippen LogP) is -1.87. The van der Waals surface area contributed by atoms with Gasteiger partial charge < -0.3 is 29.5 Å². The van der Waals surface area contributed by atoms with Crippen molar-refractivity contribution in [2.45, 2.75) is 30.0 Å². The first kappa shape index (κ1) is 21.0. The average Bonchev–Trinajstić information content (AvgIpc) is 3.00. The van der Waals surface area contributed by atoms with Crippen LogP contribution in [0.25, 0.3) is 0 Å². The van der Waals surface area contributed by atoms with Gasteiger partial charge in [-0.05, 0) is 0 Å². The zero-order valence-electron chi connectivity index (χ0n) is 15.5. The fraction of sp³-hybridized carbons (Fsp3) is 0.389. The predicted molar refractivity (Wildman–Crippen MR) is 95.9 cm³/mol. The molecule has 3 rings (SSSR count). The molecule has 0 amide bonds. The molecule has 0 radical (unpaired) electrons. The number of aromatic nitrogens is 2. The molecule has 1 fully saturated rings. The molecule has 11 nitrogen and oxygen atoms in total. The molecule has 29 heavy (non-hydrogen) atoms. The van der Waals surface area contributed by atoms with E-state index >= 15 is 0 Å². The van der Waals surface area contributed by atoms with Gasteiger partial charge in [-0.15, -0.1) is 0 Å². The minimum atomic E-state index is -2.55. The Morgan fingerprint density at radius 1 is 1.17 bits per heavy atom. The molecule has 0 saturated carbocycles. The van der Waals surface area contributed by atoms with Crippen LogP contribution in [-0.4, -0.2) is 69.2 Å². The van der Waals surface area contributed by atoms with E-state index in [2.05, 4.69) is 0 Å². The number of carbonyl (C=O) groups excluding carboxylic acids is 1. The number of hydrogen-bond acceptors (Lipinski definition) is 9. The van der Waals surface area contributed by atoms with E-state index in [9.17, 15) is 29.7 Å². The van der Waals surface area contributed by atoms with Crippen LogP contribution in [-0.2, 0) is 19.9 Å². The second-order valence-corrected chi connectivity index (χ2v) is 6.38. The average molecular weight is 408 g/mol. The molecule has 0 unspecified atom stereocenters. The number of nitrogens with one attached hydrogen (secondary N) is 1. The van der Waals surface area contributed by atoms with Gasteiger partial charge in [-0.2, -0.15) is 0 Å². The summed E-state index contributed by atoms with van der Waals surface area (Å²) in [5.74, 6) is -3.46. The van der Waals surface area contributed by atoms with Crippen molar-refractivity contribution in [1.29, 1.82) is 0 Å². The zero-order chi connectivity index (χ0) is 21.4. The molecule has 0 spiro atoms. The smallest absolute Gasteiger partial charge is 0.331 e. The van der Waals surface area contributed by atoms with Gasteiger partial charge in [0.05, 0.1) is 0 Å². The highest BCUT2D eigenvalue weighted by Crippen LogP contribution is 2.41. The van der Waals surface area contributed by atoms with Crippen molar-refractivity contribution >= 4 is 5.78 Å². The highest BCUT2D eigenvalue weighted by molar-refractivity contribution is 6.01. The minimum absolute atomic E-state index is 0.0378. The van der Waals surface area contributed by atoms with Gasteiger partial charge in [0.15, 0.2) is 6.10 Å². The Hall–Kier alpha value is -2.67. The minimum Gasteiger partial charge on any atom is -0.387 e. The standard InChI is InChI=1S/C18H20N2O9/c1-27-18(26,28-2)15-12(22)14(24)17(29-15,13(23)10-6-4-3-5-7-10)20-9-8-11(21)19-16(20)25/h3-9,12,14-15,22,24,26H,1-2H3,(H,19,21,25)/t12-,14+,15-,17+/m0/s1. The lowest BCUT2D eigenvalue weighted by Gasteiger charge is -2.34. The maximum Gasteiger partial charge on any atom is 0.331 e. The third-order valence-corrected chi connectivity index (χ3v) is 4.83. The van der Waals surface area contributed by atoms with Crippen molar-refractivity contribution in [3.63, 3.8) is 0 Å². The van der Waals surface area contributed by atoms with Crippen molar-refractivity contribution in [3.8, 4) is 0 Å².